The highest BCUT2D eigenvalue weighted by Gasteiger charge is 2.12. The Morgan fingerprint density at radius 2 is 2.27 bits per heavy atom. The van der Waals surface area contributed by atoms with Gasteiger partial charge in [-0.25, -0.2) is 9.97 Å². The van der Waals surface area contributed by atoms with Crippen molar-refractivity contribution in [3.8, 4) is 6.07 Å². The molecule has 0 aromatic carbocycles. The van der Waals surface area contributed by atoms with Crippen LogP contribution in [0.3, 0.4) is 0 Å². The van der Waals surface area contributed by atoms with Crippen molar-refractivity contribution in [1.82, 2.24) is 15.0 Å². The average molecular weight is 195 g/mol. The van der Waals surface area contributed by atoms with Crippen LogP contribution in [0.15, 0.2) is 18.5 Å². The van der Waals surface area contributed by atoms with E-state index in [4.69, 9.17) is 5.26 Å². The Bertz CT molecular complexity index is 623. The lowest BCUT2D eigenvalue weighted by Gasteiger charge is -2.11. The summed E-state index contributed by atoms with van der Waals surface area (Å²) in [6.07, 6.45) is 5.24. The molecule has 1 aliphatic rings. The maximum Gasteiger partial charge on any atom is 0.234 e. The number of nitrogens with one attached hydrogen (secondary N) is 1. The van der Waals surface area contributed by atoms with Gasteiger partial charge in [0.1, 0.15) is 6.07 Å². The molecule has 3 rings (SSSR count). The van der Waals surface area contributed by atoms with Crippen LogP contribution >= 0.6 is 0 Å². The fraction of sp³-hybridized carbons (Fsp3) is 0. The highest BCUT2D eigenvalue weighted by molar-refractivity contribution is 5.97. The molecule has 0 unspecified atom stereocenters. The average Bonchev–Trinajstić information content (AvgIpc) is 2.29. The van der Waals surface area contributed by atoms with E-state index in [1.54, 1.807) is 18.5 Å². The first-order chi connectivity index (χ1) is 7.38. The molecule has 2 aromatic heterocycles. The fourth-order valence-electron chi connectivity index (χ4n) is 1.58. The quantitative estimate of drug-likeness (QED) is 0.685. The molecule has 0 saturated heterocycles. The maximum absolute atomic E-state index is 8.76. The predicted molar refractivity (Wildman–Crippen MR) is 54.7 cm³/mol. The zero-order valence-corrected chi connectivity index (χ0v) is 7.60. The first-order valence-electron chi connectivity index (χ1n) is 4.38. The second-order valence-electron chi connectivity index (χ2n) is 3.08. The van der Waals surface area contributed by atoms with Gasteiger partial charge >= 0.3 is 0 Å². The molecule has 0 amide bonds. The van der Waals surface area contributed by atoms with Gasteiger partial charge in [-0.15, -0.1) is 0 Å². The molecule has 0 spiro atoms. The largest absolute Gasteiger partial charge is 0.361 e. The first kappa shape index (κ1) is 7.88. The molecule has 0 aliphatic carbocycles. The second-order valence-corrected chi connectivity index (χ2v) is 3.08. The van der Waals surface area contributed by atoms with Crippen molar-refractivity contribution in [3.63, 3.8) is 0 Å². The summed E-state index contributed by atoms with van der Waals surface area (Å²) in [4.78, 5) is 12.3. The van der Waals surface area contributed by atoms with Gasteiger partial charge in [0.2, 0.25) is 5.82 Å². The summed E-state index contributed by atoms with van der Waals surface area (Å²) >= 11 is 0. The van der Waals surface area contributed by atoms with Crippen molar-refractivity contribution < 1.29 is 0 Å². The van der Waals surface area contributed by atoms with E-state index in [1.807, 2.05) is 12.1 Å². The third-order valence-electron chi connectivity index (χ3n) is 2.21. The van der Waals surface area contributed by atoms with Gasteiger partial charge < -0.3 is 5.32 Å². The molecular formula is C10H5N5. The standard InChI is InChI=1S/C10H5N5/c11-5-8-14-7-2-3-12-6-1-4-13-10(15-8)9(6)7/h1-4,12H. The third kappa shape index (κ3) is 1.05. The minimum Gasteiger partial charge on any atom is -0.361 e. The molecule has 5 heteroatoms. The molecular weight excluding hydrogens is 190 g/mol. The number of nitrogens with zero attached hydrogens (tertiary/aromatic N) is 4. The van der Waals surface area contributed by atoms with E-state index < -0.39 is 0 Å². The Morgan fingerprint density at radius 3 is 3.13 bits per heavy atom. The summed E-state index contributed by atoms with van der Waals surface area (Å²) in [5, 5.41) is 12.7. The van der Waals surface area contributed by atoms with Gasteiger partial charge in [0.25, 0.3) is 0 Å². The van der Waals surface area contributed by atoms with Crippen molar-refractivity contribution in [1.29, 1.82) is 5.26 Å². The Balaban J connectivity index is 2.50. The third-order valence-corrected chi connectivity index (χ3v) is 2.21. The van der Waals surface area contributed by atoms with Gasteiger partial charge in [0.15, 0.2) is 5.65 Å². The molecule has 1 aliphatic heterocycles. The van der Waals surface area contributed by atoms with E-state index in [2.05, 4.69) is 20.3 Å². The van der Waals surface area contributed by atoms with Crippen LogP contribution in [0.25, 0.3) is 17.1 Å². The highest BCUT2D eigenvalue weighted by Crippen LogP contribution is 2.27. The minimum absolute atomic E-state index is 0.147. The Kier molecular flexibility index (Phi) is 1.45. The van der Waals surface area contributed by atoms with Gasteiger partial charge in [0.05, 0.1) is 16.8 Å². The van der Waals surface area contributed by atoms with E-state index in [1.165, 1.54) is 0 Å². The van der Waals surface area contributed by atoms with Crippen LogP contribution < -0.4 is 5.32 Å². The SMILES string of the molecule is N#Cc1nc2c3c(ccnc3n1)NC=C2. The number of anilines is 1. The summed E-state index contributed by atoms with van der Waals surface area (Å²) in [6.45, 7) is 0. The van der Waals surface area contributed by atoms with Crippen LogP contribution in [0, 0.1) is 11.3 Å². The molecule has 70 valence electrons. The fourth-order valence-corrected chi connectivity index (χ4v) is 1.58. The topological polar surface area (TPSA) is 74.5 Å². The first-order valence-corrected chi connectivity index (χ1v) is 4.38. The number of nitriles is 1. The monoisotopic (exact) mass is 195 g/mol. The highest BCUT2D eigenvalue weighted by atomic mass is 15.0. The molecule has 1 N–H and O–H groups in total. The van der Waals surface area contributed by atoms with E-state index in [0.29, 0.717) is 5.65 Å². The van der Waals surface area contributed by atoms with Gasteiger partial charge in [-0.3, -0.25) is 0 Å². The molecule has 2 aromatic rings. The van der Waals surface area contributed by atoms with E-state index in [9.17, 15) is 0 Å². The number of aromatic nitrogens is 3. The zero-order chi connectivity index (χ0) is 10.3. The van der Waals surface area contributed by atoms with Crippen molar-refractivity contribution in [3.05, 3.63) is 30.0 Å². The van der Waals surface area contributed by atoms with Gasteiger partial charge in [-0.2, -0.15) is 10.2 Å². The summed E-state index contributed by atoms with van der Waals surface area (Å²) in [7, 11) is 0. The molecule has 0 bridgehead atoms. The lowest BCUT2D eigenvalue weighted by Crippen LogP contribution is -2.02. The molecule has 0 radical (unpaired) electrons. The molecule has 0 atom stereocenters. The van der Waals surface area contributed by atoms with Crippen molar-refractivity contribution in [2.24, 2.45) is 0 Å². The lowest BCUT2D eigenvalue weighted by atomic mass is 10.1. The molecule has 0 fully saturated rings. The van der Waals surface area contributed by atoms with Crippen LogP contribution in [0.4, 0.5) is 5.69 Å². The molecule has 3 heterocycles. The second kappa shape index (κ2) is 2.75. The Hall–Kier alpha value is -2.48. The van der Waals surface area contributed by atoms with E-state index in [0.717, 1.165) is 16.8 Å². The predicted octanol–water partition coefficient (Wildman–Crippen LogP) is 1.29. The van der Waals surface area contributed by atoms with Crippen LogP contribution in [-0.4, -0.2) is 15.0 Å². The normalized spacial score (nSPS) is 12.2. The lowest BCUT2D eigenvalue weighted by molar-refractivity contribution is 1.12. The van der Waals surface area contributed by atoms with Gasteiger partial charge in [-0.1, -0.05) is 0 Å². The molecule has 15 heavy (non-hydrogen) atoms. The summed E-state index contributed by atoms with van der Waals surface area (Å²) in [5.74, 6) is 0.147. The number of hydrogen-bond donors (Lipinski definition) is 1. The number of pyridine rings is 1. The van der Waals surface area contributed by atoms with E-state index in [-0.39, 0.29) is 5.82 Å². The molecule has 5 nitrogen and oxygen atoms in total. The van der Waals surface area contributed by atoms with Crippen molar-refractivity contribution in [2.45, 2.75) is 0 Å². The summed E-state index contributed by atoms with van der Waals surface area (Å²) in [5.41, 5.74) is 2.20. The Labute approximate surface area is 85.1 Å². The van der Waals surface area contributed by atoms with Crippen LogP contribution in [0.5, 0.6) is 0 Å². The zero-order valence-electron chi connectivity index (χ0n) is 7.60. The van der Waals surface area contributed by atoms with Crippen molar-refractivity contribution in [2.75, 3.05) is 5.32 Å². The maximum atomic E-state index is 8.76. The van der Waals surface area contributed by atoms with Gasteiger partial charge in [-0.05, 0) is 12.1 Å². The summed E-state index contributed by atoms with van der Waals surface area (Å²) in [6, 6.07) is 3.77. The minimum atomic E-state index is 0.147. The van der Waals surface area contributed by atoms with E-state index >= 15 is 0 Å². The van der Waals surface area contributed by atoms with Crippen molar-refractivity contribution >= 4 is 22.8 Å². The van der Waals surface area contributed by atoms with Gasteiger partial charge in [0, 0.05) is 12.4 Å². The summed E-state index contributed by atoms with van der Waals surface area (Å²) < 4.78 is 0. The number of hydrogen-bond acceptors (Lipinski definition) is 5. The number of rotatable bonds is 0. The van der Waals surface area contributed by atoms with Crippen LogP contribution in [-0.2, 0) is 0 Å². The smallest absolute Gasteiger partial charge is 0.234 e. The van der Waals surface area contributed by atoms with Crippen LogP contribution in [0.2, 0.25) is 0 Å². The van der Waals surface area contributed by atoms with Crippen LogP contribution in [0.1, 0.15) is 11.5 Å². The Morgan fingerprint density at radius 1 is 1.33 bits per heavy atom. The molecule has 0 saturated carbocycles.